The highest BCUT2D eigenvalue weighted by Crippen LogP contribution is 2.12. The van der Waals surface area contributed by atoms with Crippen molar-refractivity contribution in [2.24, 2.45) is 0 Å². The standard InChI is InChI=1S/C11H15N3O2S/c12-10-9(2-1-5-13-10)11(15)14-8-3-6-17(16)7-4-8/h1-2,5,8H,3-4,6-7H2,(H2,12,13)(H,14,15). The van der Waals surface area contributed by atoms with E-state index in [1.165, 1.54) is 0 Å². The van der Waals surface area contributed by atoms with Crippen LogP contribution < -0.4 is 11.1 Å². The van der Waals surface area contributed by atoms with Gasteiger partial charge in [-0.05, 0) is 25.0 Å². The second-order valence-electron chi connectivity index (χ2n) is 4.03. The second kappa shape index (κ2) is 5.27. The number of aromatic nitrogens is 1. The summed E-state index contributed by atoms with van der Waals surface area (Å²) < 4.78 is 11.2. The van der Waals surface area contributed by atoms with Crippen LogP contribution in [0, 0.1) is 0 Å². The molecule has 0 atom stereocenters. The molecule has 0 radical (unpaired) electrons. The third-order valence-electron chi connectivity index (χ3n) is 2.81. The summed E-state index contributed by atoms with van der Waals surface area (Å²) in [6, 6.07) is 3.43. The second-order valence-corrected chi connectivity index (χ2v) is 5.73. The Kier molecular flexibility index (Phi) is 3.73. The molecule has 17 heavy (non-hydrogen) atoms. The fraction of sp³-hybridized carbons (Fsp3) is 0.455. The van der Waals surface area contributed by atoms with Gasteiger partial charge in [0.2, 0.25) is 0 Å². The minimum absolute atomic E-state index is 0.0970. The van der Waals surface area contributed by atoms with Crippen LogP contribution >= 0.6 is 0 Å². The van der Waals surface area contributed by atoms with Crippen molar-refractivity contribution in [3.63, 3.8) is 0 Å². The molecule has 1 aliphatic heterocycles. The third kappa shape index (κ3) is 3.03. The van der Waals surface area contributed by atoms with Gasteiger partial charge < -0.3 is 11.1 Å². The lowest BCUT2D eigenvalue weighted by Gasteiger charge is -2.22. The number of nitrogens with zero attached hydrogens (tertiary/aromatic N) is 1. The lowest BCUT2D eigenvalue weighted by atomic mass is 10.1. The van der Waals surface area contributed by atoms with Crippen molar-refractivity contribution in [1.82, 2.24) is 10.3 Å². The van der Waals surface area contributed by atoms with Gasteiger partial charge in [-0.25, -0.2) is 4.98 Å². The first-order valence-electron chi connectivity index (χ1n) is 5.53. The van der Waals surface area contributed by atoms with Crippen molar-refractivity contribution in [3.05, 3.63) is 23.9 Å². The van der Waals surface area contributed by atoms with Crippen LogP contribution in [0.3, 0.4) is 0 Å². The SMILES string of the molecule is Nc1ncccc1C(=O)NC1CCS(=O)CC1. The molecule has 1 aromatic rings. The molecule has 1 amide bonds. The molecule has 0 bridgehead atoms. The van der Waals surface area contributed by atoms with E-state index in [2.05, 4.69) is 10.3 Å². The normalized spacial score (nSPS) is 24.2. The van der Waals surface area contributed by atoms with Gasteiger partial charge in [-0.15, -0.1) is 0 Å². The Morgan fingerprint density at radius 3 is 2.82 bits per heavy atom. The number of amides is 1. The fourth-order valence-electron chi connectivity index (χ4n) is 1.81. The van der Waals surface area contributed by atoms with Crippen LogP contribution in [0.25, 0.3) is 0 Å². The van der Waals surface area contributed by atoms with Gasteiger partial charge in [-0.3, -0.25) is 9.00 Å². The Hall–Kier alpha value is -1.43. The number of hydrogen-bond donors (Lipinski definition) is 2. The lowest BCUT2D eigenvalue weighted by molar-refractivity contribution is 0.0935. The highest BCUT2D eigenvalue weighted by molar-refractivity contribution is 7.85. The number of rotatable bonds is 2. The lowest BCUT2D eigenvalue weighted by Crippen LogP contribution is -2.39. The first-order valence-corrected chi connectivity index (χ1v) is 7.02. The molecule has 1 fully saturated rings. The van der Waals surface area contributed by atoms with E-state index in [0.29, 0.717) is 17.1 Å². The number of hydrogen-bond acceptors (Lipinski definition) is 4. The molecule has 0 spiro atoms. The summed E-state index contributed by atoms with van der Waals surface area (Å²) >= 11 is 0. The van der Waals surface area contributed by atoms with E-state index in [4.69, 9.17) is 5.73 Å². The van der Waals surface area contributed by atoms with E-state index in [9.17, 15) is 9.00 Å². The molecule has 0 aromatic carbocycles. The maximum Gasteiger partial charge on any atom is 0.255 e. The number of pyridine rings is 1. The molecule has 5 nitrogen and oxygen atoms in total. The van der Waals surface area contributed by atoms with Crippen LogP contribution in [0.5, 0.6) is 0 Å². The predicted octanol–water partition coefficient (Wildman–Crippen LogP) is 0.305. The maximum absolute atomic E-state index is 11.9. The van der Waals surface area contributed by atoms with Crippen LogP contribution in [0.1, 0.15) is 23.2 Å². The fourth-order valence-corrected chi connectivity index (χ4v) is 3.11. The van der Waals surface area contributed by atoms with Crippen LogP contribution in [-0.2, 0) is 10.8 Å². The molecule has 3 N–H and O–H groups in total. The summed E-state index contributed by atoms with van der Waals surface area (Å²) in [6.45, 7) is 0. The third-order valence-corrected chi connectivity index (χ3v) is 4.19. The molecule has 1 aromatic heterocycles. The number of nitrogens with two attached hydrogens (primary N) is 1. The van der Waals surface area contributed by atoms with Crippen LogP contribution in [0.4, 0.5) is 5.82 Å². The number of carbonyl (C=O) groups is 1. The van der Waals surface area contributed by atoms with Crippen molar-refractivity contribution in [2.45, 2.75) is 18.9 Å². The molecule has 1 saturated heterocycles. The molecular weight excluding hydrogens is 238 g/mol. The monoisotopic (exact) mass is 253 g/mol. The topological polar surface area (TPSA) is 85.1 Å². The van der Waals surface area contributed by atoms with Gasteiger partial charge in [0.05, 0.1) is 5.56 Å². The Morgan fingerprint density at radius 2 is 2.18 bits per heavy atom. The summed E-state index contributed by atoms with van der Waals surface area (Å²) in [6.07, 6.45) is 3.08. The molecule has 6 heteroatoms. The van der Waals surface area contributed by atoms with E-state index >= 15 is 0 Å². The van der Waals surface area contributed by atoms with Crippen molar-refractivity contribution < 1.29 is 9.00 Å². The van der Waals surface area contributed by atoms with Gasteiger partial charge in [0.25, 0.3) is 5.91 Å². The quantitative estimate of drug-likeness (QED) is 0.794. The Labute approximate surface area is 102 Å². The molecule has 0 unspecified atom stereocenters. The Morgan fingerprint density at radius 1 is 1.47 bits per heavy atom. The molecule has 92 valence electrons. The predicted molar refractivity (Wildman–Crippen MR) is 67.0 cm³/mol. The van der Waals surface area contributed by atoms with E-state index in [-0.39, 0.29) is 17.8 Å². The minimum atomic E-state index is -0.713. The first kappa shape index (κ1) is 12.0. The molecule has 1 aliphatic rings. The van der Waals surface area contributed by atoms with E-state index < -0.39 is 10.8 Å². The summed E-state index contributed by atoms with van der Waals surface area (Å²) in [5, 5.41) is 2.90. The summed E-state index contributed by atoms with van der Waals surface area (Å²) in [5.41, 5.74) is 6.03. The largest absolute Gasteiger partial charge is 0.383 e. The molecule has 2 heterocycles. The average Bonchev–Trinajstić information content (AvgIpc) is 2.32. The van der Waals surface area contributed by atoms with Gasteiger partial charge in [0, 0.05) is 34.5 Å². The van der Waals surface area contributed by atoms with Crippen LogP contribution in [0.2, 0.25) is 0 Å². The zero-order valence-electron chi connectivity index (χ0n) is 9.39. The van der Waals surface area contributed by atoms with Gasteiger partial charge in [-0.1, -0.05) is 0 Å². The highest BCUT2D eigenvalue weighted by atomic mass is 32.2. The highest BCUT2D eigenvalue weighted by Gasteiger charge is 2.20. The number of anilines is 1. The minimum Gasteiger partial charge on any atom is -0.383 e. The van der Waals surface area contributed by atoms with Crippen molar-refractivity contribution in [3.8, 4) is 0 Å². The number of nitrogen functional groups attached to an aromatic ring is 1. The van der Waals surface area contributed by atoms with Crippen LogP contribution in [0.15, 0.2) is 18.3 Å². The van der Waals surface area contributed by atoms with Crippen molar-refractivity contribution in [2.75, 3.05) is 17.2 Å². The zero-order chi connectivity index (χ0) is 12.3. The molecule has 0 aliphatic carbocycles. The summed E-state index contributed by atoms with van der Waals surface area (Å²) in [7, 11) is -0.713. The van der Waals surface area contributed by atoms with Gasteiger partial charge in [-0.2, -0.15) is 0 Å². The first-order chi connectivity index (χ1) is 8.16. The molecular formula is C11H15N3O2S. The maximum atomic E-state index is 11.9. The van der Waals surface area contributed by atoms with E-state index in [0.717, 1.165) is 12.8 Å². The molecule has 0 saturated carbocycles. The Bertz CT molecular complexity index is 440. The van der Waals surface area contributed by atoms with E-state index in [1.807, 2.05) is 0 Å². The zero-order valence-corrected chi connectivity index (χ0v) is 10.2. The summed E-state index contributed by atoms with van der Waals surface area (Å²) in [5.74, 6) is 1.36. The number of nitrogens with one attached hydrogen (secondary N) is 1. The van der Waals surface area contributed by atoms with Crippen molar-refractivity contribution in [1.29, 1.82) is 0 Å². The van der Waals surface area contributed by atoms with Gasteiger partial charge in [0.15, 0.2) is 0 Å². The van der Waals surface area contributed by atoms with Crippen LogP contribution in [-0.4, -0.2) is 32.6 Å². The number of carbonyl (C=O) groups excluding carboxylic acids is 1. The summed E-state index contributed by atoms with van der Waals surface area (Å²) in [4.78, 5) is 15.8. The average molecular weight is 253 g/mol. The van der Waals surface area contributed by atoms with Gasteiger partial charge in [0.1, 0.15) is 5.82 Å². The van der Waals surface area contributed by atoms with Gasteiger partial charge >= 0.3 is 0 Å². The smallest absolute Gasteiger partial charge is 0.255 e. The Balaban J connectivity index is 1.98. The molecule has 2 rings (SSSR count). The van der Waals surface area contributed by atoms with Crippen molar-refractivity contribution >= 4 is 22.5 Å². The van der Waals surface area contributed by atoms with E-state index in [1.54, 1.807) is 18.3 Å².